The van der Waals surface area contributed by atoms with Gasteiger partial charge in [0.15, 0.2) is 0 Å². The van der Waals surface area contributed by atoms with E-state index in [9.17, 15) is 0 Å². The number of fused-ring (bicyclic) bond motifs is 12. The SMILES string of the molecule is CC1(C)c2ccccc2-c2cccc(-c3cccc(N(c4ccc5c(c4)C4(CC6CCC4C6)c4ccccc4-5)c4ccc5ccccc5c4)c3)c21. The third kappa shape index (κ3) is 4.04. The van der Waals surface area contributed by atoms with Crippen LogP contribution in [0.4, 0.5) is 17.1 Å². The molecule has 3 atom stereocenters. The second kappa shape index (κ2) is 10.6. The molecule has 1 heteroatoms. The molecule has 2 saturated carbocycles. The summed E-state index contributed by atoms with van der Waals surface area (Å²) in [5.74, 6) is 1.57. The molecule has 0 aliphatic heterocycles. The average molecular weight is 656 g/mol. The molecular formula is C50H41N. The highest BCUT2D eigenvalue weighted by atomic mass is 15.1. The van der Waals surface area contributed by atoms with E-state index in [0.29, 0.717) is 0 Å². The van der Waals surface area contributed by atoms with Gasteiger partial charge in [0, 0.05) is 27.9 Å². The summed E-state index contributed by atoms with van der Waals surface area (Å²) >= 11 is 0. The van der Waals surface area contributed by atoms with Crippen LogP contribution in [0.2, 0.25) is 0 Å². The fourth-order valence-corrected chi connectivity index (χ4v) is 11.2. The molecule has 51 heavy (non-hydrogen) atoms. The Kier molecular flexibility index (Phi) is 6.08. The maximum atomic E-state index is 2.58. The molecule has 0 radical (unpaired) electrons. The van der Waals surface area contributed by atoms with Crippen LogP contribution in [0.25, 0.3) is 44.2 Å². The summed E-state index contributed by atoms with van der Waals surface area (Å²) in [6.07, 6.45) is 5.40. The maximum absolute atomic E-state index is 2.58. The average Bonchev–Trinajstić information content (AvgIpc) is 3.92. The molecule has 1 spiro atoms. The van der Waals surface area contributed by atoms with E-state index in [0.717, 1.165) is 11.8 Å². The zero-order chi connectivity index (χ0) is 33.9. The predicted octanol–water partition coefficient (Wildman–Crippen LogP) is 13.4. The Labute approximate surface area is 301 Å². The first kappa shape index (κ1) is 29.3. The first-order valence-electron chi connectivity index (χ1n) is 18.9. The fraction of sp³-hybridized carbons (Fsp3) is 0.200. The van der Waals surface area contributed by atoms with Gasteiger partial charge in [-0.25, -0.2) is 0 Å². The van der Waals surface area contributed by atoms with Gasteiger partial charge in [0.1, 0.15) is 0 Å². The summed E-state index contributed by atoms with van der Waals surface area (Å²) in [5.41, 5.74) is 17.8. The largest absolute Gasteiger partial charge is 0.310 e. The van der Waals surface area contributed by atoms with Gasteiger partial charge in [0.2, 0.25) is 0 Å². The van der Waals surface area contributed by atoms with Gasteiger partial charge in [0.25, 0.3) is 0 Å². The van der Waals surface area contributed by atoms with Gasteiger partial charge >= 0.3 is 0 Å². The molecule has 0 amide bonds. The topological polar surface area (TPSA) is 3.24 Å². The lowest BCUT2D eigenvalue weighted by Crippen LogP contribution is -2.32. The van der Waals surface area contributed by atoms with Gasteiger partial charge in [0.05, 0.1) is 0 Å². The van der Waals surface area contributed by atoms with Crippen LogP contribution in [0.5, 0.6) is 0 Å². The second-order valence-corrected chi connectivity index (χ2v) is 16.1. The number of hydrogen-bond donors (Lipinski definition) is 0. The summed E-state index contributed by atoms with van der Waals surface area (Å²) in [6, 6.07) is 57.6. The lowest BCUT2D eigenvalue weighted by atomic mass is 9.67. The quantitative estimate of drug-likeness (QED) is 0.182. The number of rotatable bonds is 4. The molecule has 0 heterocycles. The Bertz CT molecular complexity index is 2550. The van der Waals surface area contributed by atoms with Crippen LogP contribution in [0.1, 0.15) is 61.8 Å². The zero-order valence-corrected chi connectivity index (χ0v) is 29.4. The van der Waals surface area contributed by atoms with Gasteiger partial charge in [-0.15, -0.1) is 0 Å². The van der Waals surface area contributed by atoms with Gasteiger partial charge in [-0.1, -0.05) is 136 Å². The summed E-state index contributed by atoms with van der Waals surface area (Å²) < 4.78 is 0. The molecule has 0 aromatic heterocycles. The molecule has 11 rings (SSSR count). The number of nitrogens with zero attached hydrogens (tertiary/aromatic N) is 1. The summed E-state index contributed by atoms with van der Waals surface area (Å²) in [4.78, 5) is 2.52. The standard InChI is InChI=1S/C50H41N/c1-49(2)45-19-7-5-16-42(45)44-18-10-17-40(48(44)49)35-13-9-14-37(29-35)51(38-24-22-33-11-3-4-12-34(33)28-38)39-25-26-43-41-15-6-8-20-46(41)50(47(43)30-39)31-32-21-23-36(50)27-32/h3-20,22,24-26,28-30,32,36H,21,23,27,31H2,1-2H3. The minimum absolute atomic E-state index is 0.0828. The minimum atomic E-state index is -0.0828. The Morgan fingerprint density at radius 3 is 1.96 bits per heavy atom. The van der Waals surface area contributed by atoms with Crippen molar-refractivity contribution >= 4 is 27.8 Å². The Morgan fingerprint density at radius 2 is 1.14 bits per heavy atom. The molecule has 2 bridgehead atoms. The highest BCUT2D eigenvalue weighted by Crippen LogP contribution is 2.66. The third-order valence-corrected chi connectivity index (χ3v) is 13.3. The van der Waals surface area contributed by atoms with Crippen LogP contribution in [0.3, 0.4) is 0 Å². The lowest BCUT2D eigenvalue weighted by Gasteiger charge is -2.37. The monoisotopic (exact) mass is 655 g/mol. The smallest absolute Gasteiger partial charge is 0.0468 e. The predicted molar refractivity (Wildman–Crippen MR) is 213 cm³/mol. The Hall–Kier alpha value is -5.40. The molecule has 4 aliphatic rings. The van der Waals surface area contributed by atoms with Gasteiger partial charge < -0.3 is 4.90 Å². The van der Waals surface area contributed by atoms with Crippen LogP contribution in [-0.4, -0.2) is 0 Å². The van der Waals surface area contributed by atoms with E-state index in [1.807, 2.05) is 0 Å². The van der Waals surface area contributed by atoms with Crippen molar-refractivity contribution in [3.8, 4) is 33.4 Å². The molecule has 3 unspecified atom stereocenters. The molecule has 0 N–H and O–H groups in total. The van der Waals surface area contributed by atoms with Crippen LogP contribution >= 0.6 is 0 Å². The number of benzene rings is 7. The lowest BCUT2D eigenvalue weighted by molar-refractivity contribution is 0.327. The molecule has 1 nitrogen and oxygen atoms in total. The summed E-state index contributed by atoms with van der Waals surface area (Å²) in [7, 11) is 0. The van der Waals surface area contributed by atoms with Gasteiger partial charge in [-0.2, -0.15) is 0 Å². The Balaban J connectivity index is 1.11. The van der Waals surface area contributed by atoms with Crippen molar-refractivity contribution in [2.45, 2.75) is 50.4 Å². The zero-order valence-electron chi connectivity index (χ0n) is 29.4. The molecular weight excluding hydrogens is 615 g/mol. The van der Waals surface area contributed by atoms with E-state index in [-0.39, 0.29) is 10.8 Å². The van der Waals surface area contributed by atoms with E-state index in [1.165, 1.54) is 98.0 Å². The molecule has 246 valence electrons. The highest BCUT2D eigenvalue weighted by molar-refractivity contribution is 5.93. The first-order valence-corrected chi connectivity index (χ1v) is 18.9. The number of hydrogen-bond acceptors (Lipinski definition) is 1. The van der Waals surface area contributed by atoms with Gasteiger partial charge in [-0.3, -0.25) is 0 Å². The van der Waals surface area contributed by atoms with Crippen molar-refractivity contribution in [1.82, 2.24) is 0 Å². The maximum Gasteiger partial charge on any atom is 0.0468 e. The van der Waals surface area contributed by atoms with Crippen molar-refractivity contribution in [2.24, 2.45) is 11.8 Å². The van der Waals surface area contributed by atoms with E-state index in [4.69, 9.17) is 0 Å². The van der Waals surface area contributed by atoms with Crippen LogP contribution in [0, 0.1) is 11.8 Å². The first-order chi connectivity index (χ1) is 25.0. The Morgan fingerprint density at radius 1 is 0.490 bits per heavy atom. The van der Waals surface area contributed by atoms with Crippen LogP contribution in [0.15, 0.2) is 152 Å². The van der Waals surface area contributed by atoms with Crippen LogP contribution in [-0.2, 0) is 10.8 Å². The van der Waals surface area contributed by atoms with Crippen molar-refractivity contribution < 1.29 is 0 Å². The molecule has 7 aromatic carbocycles. The van der Waals surface area contributed by atoms with E-state index < -0.39 is 0 Å². The van der Waals surface area contributed by atoms with Crippen LogP contribution < -0.4 is 4.90 Å². The summed E-state index contributed by atoms with van der Waals surface area (Å²) in [6.45, 7) is 4.78. The highest BCUT2D eigenvalue weighted by Gasteiger charge is 2.56. The van der Waals surface area contributed by atoms with E-state index in [2.05, 4.69) is 170 Å². The molecule has 2 fully saturated rings. The second-order valence-electron chi connectivity index (χ2n) is 16.1. The van der Waals surface area contributed by atoms with E-state index >= 15 is 0 Å². The van der Waals surface area contributed by atoms with E-state index in [1.54, 1.807) is 11.1 Å². The normalized spacial score (nSPS) is 21.5. The molecule has 0 saturated heterocycles. The van der Waals surface area contributed by atoms with Crippen molar-refractivity contribution in [3.05, 3.63) is 174 Å². The van der Waals surface area contributed by atoms with Crippen molar-refractivity contribution in [3.63, 3.8) is 0 Å². The third-order valence-electron chi connectivity index (χ3n) is 13.3. The molecule has 4 aliphatic carbocycles. The minimum Gasteiger partial charge on any atom is -0.310 e. The number of anilines is 3. The summed E-state index contributed by atoms with van der Waals surface area (Å²) in [5, 5.41) is 2.52. The van der Waals surface area contributed by atoms with Crippen molar-refractivity contribution in [2.75, 3.05) is 4.90 Å². The van der Waals surface area contributed by atoms with Gasteiger partial charge in [-0.05, 0) is 134 Å². The fourth-order valence-electron chi connectivity index (χ4n) is 11.2. The molecule has 7 aromatic rings. The van der Waals surface area contributed by atoms with Crippen molar-refractivity contribution in [1.29, 1.82) is 0 Å².